The van der Waals surface area contributed by atoms with Gasteiger partial charge in [-0.15, -0.1) is 11.8 Å². The number of ether oxygens (including phenoxy) is 1. The molecular formula is C17H23NO2S. The van der Waals surface area contributed by atoms with Gasteiger partial charge in [0.25, 0.3) is 5.91 Å². The molecule has 1 aliphatic carbocycles. The lowest BCUT2D eigenvalue weighted by atomic mass is 10.0. The Hall–Kier alpha value is -1.00. The molecule has 4 heteroatoms. The molecular weight excluding hydrogens is 282 g/mol. The number of benzene rings is 1. The molecule has 21 heavy (non-hydrogen) atoms. The van der Waals surface area contributed by atoms with Gasteiger partial charge >= 0.3 is 0 Å². The van der Waals surface area contributed by atoms with Crippen molar-refractivity contribution >= 4 is 17.7 Å². The second kappa shape index (κ2) is 6.41. The standard InChI is InChI=1S/C17H23NO2S/c1-12-3-6-15(21-2)9-16(12)17(19)18(14-4-5-14)10-13-7-8-20-11-13/h3,6,9,13-14H,4-5,7-8,10-11H2,1-2H3/t13-/m1/s1. The number of hydrogen-bond acceptors (Lipinski definition) is 3. The number of carbonyl (C=O) groups excluding carboxylic acids is 1. The van der Waals surface area contributed by atoms with Crippen molar-refractivity contribution in [3.8, 4) is 0 Å². The number of hydrogen-bond donors (Lipinski definition) is 0. The van der Waals surface area contributed by atoms with Gasteiger partial charge in [-0.05, 0) is 50.1 Å². The lowest BCUT2D eigenvalue weighted by Crippen LogP contribution is -2.37. The molecule has 0 bridgehead atoms. The lowest BCUT2D eigenvalue weighted by Gasteiger charge is -2.26. The summed E-state index contributed by atoms with van der Waals surface area (Å²) >= 11 is 1.69. The maximum atomic E-state index is 13.0. The minimum absolute atomic E-state index is 0.206. The van der Waals surface area contributed by atoms with E-state index in [2.05, 4.69) is 17.0 Å². The monoisotopic (exact) mass is 305 g/mol. The first kappa shape index (κ1) is 14.9. The maximum absolute atomic E-state index is 13.0. The van der Waals surface area contributed by atoms with Crippen LogP contribution in [0, 0.1) is 12.8 Å². The van der Waals surface area contributed by atoms with Gasteiger partial charge in [-0.2, -0.15) is 0 Å². The molecule has 1 aliphatic heterocycles. The van der Waals surface area contributed by atoms with Crippen molar-refractivity contribution in [2.24, 2.45) is 5.92 Å². The summed E-state index contributed by atoms with van der Waals surface area (Å²) in [6, 6.07) is 6.64. The summed E-state index contributed by atoms with van der Waals surface area (Å²) in [6.07, 6.45) is 5.44. The molecule has 2 fully saturated rings. The second-order valence-corrected chi connectivity index (χ2v) is 6.98. The smallest absolute Gasteiger partial charge is 0.254 e. The van der Waals surface area contributed by atoms with Crippen LogP contribution in [-0.2, 0) is 4.74 Å². The Morgan fingerprint density at radius 2 is 2.19 bits per heavy atom. The quantitative estimate of drug-likeness (QED) is 0.781. The molecule has 1 saturated carbocycles. The molecule has 2 aliphatic rings. The van der Waals surface area contributed by atoms with Gasteiger partial charge in [0.15, 0.2) is 0 Å². The molecule has 3 rings (SSSR count). The number of rotatable bonds is 5. The molecule has 3 nitrogen and oxygen atoms in total. The molecule has 1 atom stereocenters. The molecule has 1 heterocycles. The van der Waals surface area contributed by atoms with Crippen LogP contribution >= 0.6 is 11.8 Å². The first-order chi connectivity index (χ1) is 10.2. The molecule has 0 N–H and O–H groups in total. The summed E-state index contributed by atoms with van der Waals surface area (Å²) in [5, 5.41) is 0. The average molecular weight is 305 g/mol. The van der Waals surface area contributed by atoms with Crippen LogP contribution in [0.25, 0.3) is 0 Å². The molecule has 0 unspecified atom stereocenters. The summed E-state index contributed by atoms with van der Waals surface area (Å²) in [5.74, 6) is 0.719. The summed E-state index contributed by atoms with van der Waals surface area (Å²) < 4.78 is 5.46. The third-order valence-electron chi connectivity index (χ3n) is 4.40. The molecule has 1 amide bonds. The summed E-state index contributed by atoms with van der Waals surface area (Å²) in [5.41, 5.74) is 1.94. The highest BCUT2D eigenvalue weighted by atomic mass is 32.2. The summed E-state index contributed by atoms with van der Waals surface area (Å²) in [6.45, 7) is 4.53. The van der Waals surface area contributed by atoms with E-state index in [0.29, 0.717) is 12.0 Å². The van der Waals surface area contributed by atoms with Crippen LogP contribution in [0.2, 0.25) is 0 Å². The normalized spacial score (nSPS) is 21.5. The average Bonchev–Trinajstić information content (AvgIpc) is 3.21. The Bertz CT molecular complexity index is 522. The van der Waals surface area contributed by atoms with Gasteiger partial charge in [0.1, 0.15) is 0 Å². The third kappa shape index (κ3) is 3.43. The first-order valence-corrected chi connectivity index (χ1v) is 8.95. The van der Waals surface area contributed by atoms with E-state index in [9.17, 15) is 4.79 Å². The van der Waals surface area contributed by atoms with Crippen LogP contribution < -0.4 is 0 Å². The van der Waals surface area contributed by atoms with Gasteiger partial charge in [-0.25, -0.2) is 0 Å². The molecule has 114 valence electrons. The zero-order chi connectivity index (χ0) is 14.8. The van der Waals surface area contributed by atoms with Crippen molar-refractivity contribution in [3.63, 3.8) is 0 Å². The Balaban J connectivity index is 1.80. The van der Waals surface area contributed by atoms with Crippen LogP contribution in [0.3, 0.4) is 0 Å². The largest absolute Gasteiger partial charge is 0.381 e. The minimum atomic E-state index is 0.206. The zero-order valence-corrected chi connectivity index (χ0v) is 13.6. The topological polar surface area (TPSA) is 29.5 Å². The Kier molecular flexibility index (Phi) is 4.55. The molecule has 1 aromatic carbocycles. The molecule has 0 spiro atoms. The highest BCUT2D eigenvalue weighted by molar-refractivity contribution is 7.98. The van der Waals surface area contributed by atoms with Gasteiger partial charge in [0.2, 0.25) is 0 Å². The SMILES string of the molecule is CSc1ccc(C)c(C(=O)N(C[C@H]2CCOC2)C2CC2)c1. The van der Waals surface area contributed by atoms with Gasteiger partial charge in [0.05, 0.1) is 6.61 Å². The van der Waals surface area contributed by atoms with Crippen molar-refractivity contribution in [3.05, 3.63) is 29.3 Å². The van der Waals surface area contributed by atoms with E-state index in [1.165, 1.54) is 0 Å². The second-order valence-electron chi connectivity index (χ2n) is 6.10. The molecule has 1 saturated heterocycles. The predicted molar refractivity (Wildman–Crippen MR) is 85.9 cm³/mol. The Morgan fingerprint density at radius 3 is 2.81 bits per heavy atom. The van der Waals surface area contributed by atoms with Crippen molar-refractivity contribution in [1.29, 1.82) is 0 Å². The fourth-order valence-corrected chi connectivity index (χ4v) is 3.34. The van der Waals surface area contributed by atoms with E-state index in [4.69, 9.17) is 4.74 Å². The van der Waals surface area contributed by atoms with E-state index < -0.39 is 0 Å². The van der Waals surface area contributed by atoms with Crippen LogP contribution in [0.15, 0.2) is 23.1 Å². The number of nitrogens with zero attached hydrogens (tertiary/aromatic N) is 1. The number of thioether (sulfide) groups is 1. The third-order valence-corrected chi connectivity index (χ3v) is 5.13. The van der Waals surface area contributed by atoms with Crippen molar-refractivity contribution in [1.82, 2.24) is 4.90 Å². The van der Waals surface area contributed by atoms with E-state index in [-0.39, 0.29) is 5.91 Å². The maximum Gasteiger partial charge on any atom is 0.254 e. The van der Waals surface area contributed by atoms with E-state index in [1.807, 2.05) is 19.2 Å². The van der Waals surface area contributed by atoms with Crippen LogP contribution in [0.5, 0.6) is 0 Å². The minimum Gasteiger partial charge on any atom is -0.381 e. The number of carbonyl (C=O) groups is 1. The van der Waals surface area contributed by atoms with Gasteiger partial charge in [0, 0.05) is 35.6 Å². The Morgan fingerprint density at radius 1 is 1.38 bits per heavy atom. The summed E-state index contributed by atoms with van der Waals surface area (Å²) in [4.78, 5) is 16.2. The fraction of sp³-hybridized carbons (Fsp3) is 0.588. The molecule has 1 aromatic rings. The van der Waals surface area contributed by atoms with Crippen molar-refractivity contribution in [2.45, 2.75) is 37.1 Å². The van der Waals surface area contributed by atoms with Crippen LogP contribution in [0.1, 0.15) is 35.2 Å². The van der Waals surface area contributed by atoms with Gasteiger partial charge < -0.3 is 9.64 Å². The predicted octanol–water partition coefficient (Wildman–Crippen LogP) is 3.36. The highest BCUT2D eigenvalue weighted by Gasteiger charge is 2.35. The molecule has 0 aromatic heterocycles. The zero-order valence-electron chi connectivity index (χ0n) is 12.8. The molecule has 0 radical (unpaired) electrons. The van der Waals surface area contributed by atoms with Crippen LogP contribution in [-0.4, -0.2) is 42.9 Å². The van der Waals surface area contributed by atoms with Gasteiger partial charge in [-0.1, -0.05) is 6.07 Å². The van der Waals surface area contributed by atoms with Crippen molar-refractivity contribution < 1.29 is 9.53 Å². The highest BCUT2D eigenvalue weighted by Crippen LogP contribution is 2.31. The van der Waals surface area contributed by atoms with Crippen molar-refractivity contribution in [2.75, 3.05) is 26.0 Å². The first-order valence-electron chi connectivity index (χ1n) is 7.72. The number of amides is 1. The lowest BCUT2D eigenvalue weighted by molar-refractivity contribution is 0.0705. The Labute approximate surface area is 131 Å². The van der Waals surface area contributed by atoms with Gasteiger partial charge in [-0.3, -0.25) is 4.79 Å². The van der Waals surface area contributed by atoms with E-state index in [0.717, 1.165) is 55.0 Å². The fourth-order valence-electron chi connectivity index (χ4n) is 2.90. The van der Waals surface area contributed by atoms with E-state index in [1.54, 1.807) is 11.8 Å². The summed E-state index contributed by atoms with van der Waals surface area (Å²) in [7, 11) is 0. The van der Waals surface area contributed by atoms with Crippen LogP contribution in [0.4, 0.5) is 0 Å². The van der Waals surface area contributed by atoms with E-state index >= 15 is 0 Å². The number of aryl methyl sites for hydroxylation is 1.